The molecule has 1 fully saturated rings. The van der Waals surface area contributed by atoms with E-state index in [1.54, 1.807) is 0 Å². The first-order valence-electron chi connectivity index (χ1n) is 9.74. The molecule has 0 amide bonds. The van der Waals surface area contributed by atoms with Crippen LogP contribution in [0.2, 0.25) is 0 Å². The molecule has 1 saturated heterocycles. The molecular weight excluding hydrogens is 356 g/mol. The van der Waals surface area contributed by atoms with Gasteiger partial charge in [-0.25, -0.2) is 0 Å². The van der Waals surface area contributed by atoms with Crippen LogP contribution in [0, 0.1) is 0 Å². The summed E-state index contributed by atoms with van der Waals surface area (Å²) < 4.78 is 5.42. The van der Waals surface area contributed by atoms with Gasteiger partial charge in [0.1, 0.15) is 6.10 Å². The Morgan fingerprint density at radius 1 is 1.07 bits per heavy atom. The van der Waals surface area contributed by atoms with Crippen LogP contribution >= 0.6 is 11.8 Å². The molecule has 0 saturated carbocycles. The number of ether oxygens (including phenoxy) is 1. The van der Waals surface area contributed by atoms with Crippen LogP contribution in [-0.4, -0.2) is 43.2 Å². The van der Waals surface area contributed by atoms with E-state index in [9.17, 15) is 4.79 Å². The molecule has 1 unspecified atom stereocenters. The molecule has 0 spiro atoms. The van der Waals surface area contributed by atoms with E-state index in [1.807, 2.05) is 11.8 Å². The molecule has 5 heteroatoms. The number of nitrogens with zero attached hydrogens (tertiary/aromatic N) is 2. The van der Waals surface area contributed by atoms with Gasteiger partial charge in [0, 0.05) is 29.8 Å². The van der Waals surface area contributed by atoms with E-state index in [0.29, 0.717) is 0 Å². The largest absolute Gasteiger partial charge is 0.461 e. The zero-order chi connectivity index (χ0) is 18.6. The summed E-state index contributed by atoms with van der Waals surface area (Å²) in [6.45, 7) is 5.49. The monoisotopic (exact) mass is 382 g/mol. The van der Waals surface area contributed by atoms with Crippen LogP contribution < -0.4 is 4.90 Å². The Morgan fingerprint density at radius 3 is 2.41 bits per heavy atom. The van der Waals surface area contributed by atoms with Crippen molar-refractivity contribution in [3.63, 3.8) is 0 Å². The lowest BCUT2D eigenvalue weighted by Crippen LogP contribution is -2.41. The van der Waals surface area contributed by atoms with Crippen molar-refractivity contribution in [2.75, 3.05) is 31.1 Å². The first kappa shape index (κ1) is 18.4. The molecule has 4 nitrogen and oxygen atoms in total. The maximum Gasteiger partial charge on any atom is 0.302 e. The predicted molar refractivity (Wildman–Crippen MR) is 110 cm³/mol. The highest BCUT2D eigenvalue weighted by atomic mass is 32.2. The molecule has 2 aromatic carbocycles. The second kappa shape index (κ2) is 8.36. The molecule has 27 heavy (non-hydrogen) atoms. The van der Waals surface area contributed by atoms with E-state index in [-0.39, 0.29) is 12.1 Å². The lowest BCUT2D eigenvalue weighted by atomic mass is 10.1. The molecule has 0 radical (unpaired) electrons. The van der Waals surface area contributed by atoms with Crippen LogP contribution in [0.4, 0.5) is 11.4 Å². The zero-order valence-electron chi connectivity index (χ0n) is 15.8. The van der Waals surface area contributed by atoms with E-state index in [0.717, 1.165) is 45.4 Å². The van der Waals surface area contributed by atoms with E-state index >= 15 is 0 Å². The Morgan fingerprint density at radius 2 is 1.74 bits per heavy atom. The van der Waals surface area contributed by atoms with E-state index in [1.165, 1.54) is 28.1 Å². The molecule has 2 heterocycles. The van der Waals surface area contributed by atoms with Gasteiger partial charge in [-0.1, -0.05) is 36.0 Å². The van der Waals surface area contributed by atoms with Gasteiger partial charge >= 0.3 is 5.97 Å². The average molecular weight is 383 g/mol. The second-order valence-electron chi connectivity index (χ2n) is 7.22. The summed E-state index contributed by atoms with van der Waals surface area (Å²) in [6, 6.07) is 17.3. The fourth-order valence-electron chi connectivity index (χ4n) is 4.02. The first-order chi connectivity index (χ1) is 13.2. The smallest absolute Gasteiger partial charge is 0.302 e. The van der Waals surface area contributed by atoms with Crippen LogP contribution in [0.1, 0.15) is 26.2 Å². The minimum Gasteiger partial charge on any atom is -0.461 e. The summed E-state index contributed by atoms with van der Waals surface area (Å²) in [5.74, 6) is -0.166. The van der Waals surface area contributed by atoms with Crippen molar-refractivity contribution in [1.29, 1.82) is 0 Å². The molecule has 2 aromatic rings. The van der Waals surface area contributed by atoms with Gasteiger partial charge in [-0.3, -0.25) is 9.69 Å². The molecule has 0 aromatic heterocycles. The summed E-state index contributed by atoms with van der Waals surface area (Å²) in [7, 11) is 0. The molecule has 0 N–H and O–H groups in total. The van der Waals surface area contributed by atoms with Gasteiger partial charge in [-0.05, 0) is 56.6 Å². The second-order valence-corrected chi connectivity index (χ2v) is 8.30. The molecule has 142 valence electrons. The molecule has 2 aliphatic rings. The van der Waals surface area contributed by atoms with E-state index in [2.05, 4.69) is 58.3 Å². The number of para-hydroxylation sites is 2. The lowest BCUT2D eigenvalue weighted by molar-refractivity contribution is -0.148. The molecular formula is C22H26N2O2S. The normalized spacial score (nSPS) is 19.3. The molecule has 2 aliphatic heterocycles. The highest BCUT2D eigenvalue weighted by molar-refractivity contribution is 7.99. The Labute approximate surface area is 165 Å². The van der Waals surface area contributed by atoms with Gasteiger partial charge in [0.05, 0.1) is 11.4 Å². The number of hydrogen-bond donors (Lipinski definition) is 0. The number of anilines is 2. The number of rotatable bonds is 5. The topological polar surface area (TPSA) is 32.8 Å². The van der Waals surface area contributed by atoms with Gasteiger partial charge < -0.3 is 9.64 Å². The van der Waals surface area contributed by atoms with Crippen molar-refractivity contribution in [3.8, 4) is 0 Å². The highest BCUT2D eigenvalue weighted by Gasteiger charge is 2.24. The van der Waals surface area contributed by atoms with Crippen LogP contribution in [0.5, 0.6) is 0 Å². The summed E-state index contributed by atoms with van der Waals surface area (Å²) in [6.07, 6.45) is 3.23. The van der Waals surface area contributed by atoms with E-state index in [4.69, 9.17) is 4.74 Å². The third kappa shape index (κ3) is 4.30. The Kier molecular flexibility index (Phi) is 5.69. The molecule has 0 aliphatic carbocycles. The number of carbonyl (C=O) groups excluding carboxylic acids is 1. The minimum absolute atomic E-state index is 0.0593. The molecule has 1 atom stereocenters. The SMILES string of the molecule is CC(=O)OC1CCCN(CCCN2c3ccccc3Sc3ccccc32)C1. The van der Waals surface area contributed by atoms with Crippen molar-refractivity contribution in [1.82, 2.24) is 4.90 Å². The van der Waals surface area contributed by atoms with Crippen LogP contribution in [0.15, 0.2) is 58.3 Å². The number of carbonyl (C=O) groups is 1. The summed E-state index contributed by atoms with van der Waals surface area (Å²) in [4.78, 5) is 18.8. The third-order valence-electron chi connectivity index (χ3n) is 5.18. The summed E-state index contributed by atoms with van der Waals surface area (Å²) >= 11 is 1.85. The maximum atomic E-state index is 11.2. The Balaban J connectivity index is 1.41. The van der Waals surface area contributed by atoms with Crippen LogP contribution in [0.3, 0.4) is 0 Å². The zero-order valence-corrected chi connectivity index (χ0v) is 16.6. The van der Waals surface area contributed by atoms with Crippen LogP contribution in [0.25, 0.3) is 0 Å². The van der Waals surface area contributed by atoms with Crippen molar-refractivity contribution in [2.45, 2.75) is 42.1 Å². The van der Waals surface area contributed by atoms with Crippen LogP contribution in [-0.2, 0) is 9.53 Å². The first-order valence-corrected chi connectivity index (χ1v) is 10.6. The standard InChI is InChI=1S/C22H26N2O2S/c1-17(25)26-18-8-6-13-23(16-18)14-7-15-24-19-9-2-4-11-21(19)27-22-12-5-3-10-20(22)24/h2-5,9-12,18H,6-8,13-16H2,1H3. The predicted octanol–water partition coefficient (Wildman–Crippen LogP) is 4.71. The molecule has 4 rings (SSSR count). The lowest BCUT2D eigenvalue weighted by Gasteiger charge is -2.35. The van der Waals surface area contributed by atoms with Gasteiger partial charge in [-0.15, -0.1) is 0 Å². The Bertz CT molecular complexity index is 765. The number of fused-ring (bicyclic) bond motifs is 2. The number of benzene rings is 2. The summed E-state index contributed by atoms with van der Waals surface area (Å²) in [5.41, 5.74) is 2.61. The highest BCUT2D eigenvalue weighted by Crippen LogP contribution is 2.47. The summed E-state index contributed by atoms with van der Waals surface area (Å²) in [5, 5.41) is 0. The van der Waals surface area contributed by atoms with Crippen molar-refractivity contribution >= 4 is 29.1 Å². The van der Waals surface area contributed by atoms with Gasteiger partial charge in [0.25, 0.3) is 0 Å². The van der Waals surface area contributed by atoms with Crippen molar-refractivity contribution in [3.05, 3.63) is 48.5 Å². The average Bonchev–Trinajstić information content (AvgIpc) is 2.67. The van der Waals surface area contributed by atoms with Crippen molar-refractivity contribution < 1.29 is 9.53 Å². The third-order valence-corrected chi connectivity index (χ3v) is 6.31. The molecule has 0 bridgehead atoms. The fourth-order valence-corrected chi connectivity index (χ4v) is 5.12. The van der Waals surface area contributed by atoms with Gasteiger partial charge in [0.2, 0.25) is 0 Å². The minimum atomic E-state index is -0.166. The number of esters is 1. The Hall–Kier alpha value is -1.98. The number of piperidine rings is 1. The van der Waals surface area contributed by atoms with Crippen molar-refractivity contribution in [2.24, 2.45) is 0 Å². The number of likely N-dealkylation sites (tertiary alicyclic amines) is 1. The fraction of sp³-hybridized carbons (Fsp3) is 0.409. The number of hydrogen-bond acceptors (Lipinski definition) is 5. The van der Waals surface area contributed by atoms with E-state index < -0.39 is 0 Å². The van der Waals surface area contributed by atoms with Gasteiger partial charge in [0.15, 0.2) is 0 Å². The maximum absolute atomic E-state index is 11.2. The quantitative estimate of drug-likeness (QED) is 0.700. The van der Waals surface area contributed by atoms with Gasteiger partial charge in [-0.2, -0.15) is 0 Å².